The predicted octanol–water partition coefficient (Wildman–Crippen LogP) is 11.7. The molecule has 5 aromatic rings. The van der Waals surface area contributed by atoms with Crippen molar-refractivity contribution in [2.24, 2.45) is 0 Å². The summed E-state index contributed by atoms with van der Waals surface area (Å²) in [5.74, 6) is 3.31. The number of amides is 2. The number of halogens is 1. The zero-order valence-corrected chi connectivity index (χ0v) is 38.3. The fourth-order valence-corrected chi connectivity index (χ4v) is 15.0. The van der Waals surface area contributed by atoms with Crippen molar-refractivity contribution >= 4 is 43.4 Å². The maximum absolute atomic E-state index is 14.0. The molecule has 7 rings (SSSR count). The lowest BCUT2D eigenvalue weighted by Crippen LogP contribution is -2.50. The van der Waals surface area contributed by atoms with Crippen LogP contribution < -0.4 is 24.7 Å². The Morgan fingerprint density at radius 3 is 2.32 bits per heavy atom. The number of aromatic nitrogens is 5. The van der Waals surface area contributed by atoms with Crippen molar-refractivity contribution < 1.29 is 14.0 Å². The van der Waals surface area contributed by atoms with Crippen LogP contribution in [0.3, 0.4) is 0 Å². The molecule has 3 aromatic heterocycles. The third-order valence-corrected chi connectivity index (χ3v) is 18.9. The van der Waals surface area contributed by atoms with Crippen LogP contribution in [-0.4, -0.2) is 51.3 Å². The van der Waals surface area contributed by atoms with Crippen molar-refractivity contribution in [2.45, 2.75) is 147 Å². The summed E-state index contributed by atoms with van der Waals surface area (Å²) in [5.41, 5.74) is 6.49. The Labute approximate surface area is 356 Å². The molecule has 1 saturated heterocycles. The number of fused-ring (bicyclic) bond motifs is 2. The van der Waals surface area contributed by atoms with Crippen LogP contribution in [0.1, 0.15) is 136 Å². The van der Waals surface area contributed by atoms with Gasteiger partial charge in [0.05, 0.1) is 29.5 Å². The Morgan fingerprint density at radius 1 is 0.915 bits per heavy atom. The zero-order chi connectivity index (χ0) is 42.2. The van der Waals surface area contributed by atoms with Crippen LogP contribution in [0.25, 0.3) is 11.3 Å². The van der Waals surface area contributed by atoms with E-state index in [0.29, 0.717) is 40.8 Å². The molecule has 1 aliphatic heterocycles. The highest BCUT2D eigenvalue weighted by atomic mass is 35.5. The first-order valence-electron chi connectivity index (χ1n) is 21.5. The summed E-state index contributed by atoms with van der Waals surface area (Å²) in [6.07, 6.45) is 6.82. The molecule has 59 heavy (non-hydrogen) atoms. The number of carbonyl (C=O) groups is 1. The first kappa shape index (κ1) is 42.6. The van der Waals surface area contributed by atoms with Crippen molar-refractivity contribution in [3.63, 3.8) is 0 Å². The molecular formula is C46H63ClN8O3Si. The van der Waals surface area contributed by atoms with Gasteiger partial charge >= 0.3 is 6.03 Å². The van der Waals surface area contributed by atoms with Gasteiger partial charge in [0.25, 0.3) is 8.32 Å². The van der Waals surface area contributed by atoms with Gasteiger partial charge in [0.15, 0.2) is 5.65 Å². The van der Waals surface area contributed by atoms with Crippen molar-refractivity contribution in [1.29, 1.82) is 0 Å². The lowest BCUT2D eigenvalue weighted by molar-refractivity contribution is 0.171. The van der Waals surface area contributed by atoms with Gasteiger partial charge in [-0.2, -0.15) is 5.10 Å². The number of alkyl halides is 1. The number of hydrogen-bond acceptors (Lipinski definition) is 7. The largest absolute Gasteiger partial charge is 0.542 e. The van der Waals surface area contributed by atoms with Gasteiger partial charge in [-0.25, -0.2) is 9.48 Å². The first-order chi connectivity index (χ1) is 28.1. The topological polar surface area (TPSA) is 111 Å². The highest BCUT2D eigenvalue weighted by Crippen LogP contribution is 2.44. The molecule has 4 heterocycles. The molecular weight excluding hydrogens is 776 g/mol. The number of benzene rings is 2. The number of anilines is 2. The van der Waals surface area contributed by atoms with E-state index in [-0.39, 0.29) is 23.6 Å². The van der Waals surface area contributed by atoms with Crippen molar-refractivity contribution in [3.8, 4) is 17.2 Å². The fraction of sp³-hybridized carbons (Fsp3) is 0.522. The van der Waals surface area contributed by atoms with Gasteiger partial charge in [-0.3, -0.25) is 9.72 Å². The van der Waals surface area contributed by atoms with Gasteiger partial charge in [-0.15, -0.1) is 21.8 Å². The summed E-state index contributed by atoms with van der Waals surface area (Å²) in [6, 6.07) is 20.1. The molecule has 1 unspecified atom stereocenters. The number of nitrogens with zero attached hydrogens (tertiary/aromatic N) is 6. The Morgan fingerprint density at radius 2 is 1.64 bits per heavy atom. The lowest BCUT2D eigenvalue weighted by atomic mass is 9.85. The van der Waals surface area contributed by atoms with Crippen molar-refractivity contribution in [2.75, 3.05) is 16.8 Å². The monoisotopic (exact) mass is 838 g/mol. The predicted molar refractivity (Wildman–Crippen MR) is 241 cm³/mol. The standard InChI is InChI=1S/C46H63ClN8O3Si/c1-29(2)59(30(3)4,31(5)6)58-39-21-18-34(25-33(39)27-47)55-43(26-41(52-55)46(8,9)10)49-44(56)48-38-20-22-40(37-17-12-11-16-36(37)38)57-35-19-23-42-50-51-45(54(42)28-35)53-24-14-13-15-32(53)7/h11-12,16-19,21,23,25-26,28-32,38,40H,13-15,20,22,24,27H2,1-10H3,(H2,48,49,56)/t32?,38-,40+/m0/s1. The lowest BCUT2D eigenvalue weighted by Gasteiger charge is -2.42. The number of carbonyl (C=O) groups excluding carboxylic acids is 1. The number of ether oxygens (including phenoxy) is 1. The number of urea groups is 1. The maximum Gasteiger partial charge on any atom is 0.320 e. The Balaban J connectivity index is 1.10. The summed E-state index contributed by atoms with van der Waals surface area (Å²) >= 11 is 6.63. The summed E-state index contributed by atoms with van der Waals surface area (Å²) in [6.45, 7) is 23.3. The first-order valence-corrected chi connectivity index (χ1v) is 24.2. The molecule has 2 aromatic carbocycles. The molecule has 0 bridgehead atoms. The quantitative estimate of drug-likeness (QED) is 0.0951. The number of hydrogen-bond donors (Lipinski definition) is 2. The Kier molecular flexibility index (Phi) is 12.4. The molecule has 1 aliphatic carbocycles. The third kappa shape index (κ3) is 8.57. The van der Waals surface area contributed by atoms with Crippen molar-refractivity contribution in [3.05, 3.63) is 89.2 Å². The minimum atomic E-state index is -2.22. The molecule has 1 fully saturated rings. The Bertz CT molecular complexity index is 2240. The van der Waals surface area contributed by atoms with E-state index in [1.165, 1.54) is 6.42 Å². The van der Waals surface area contributed by atoms with E-state index in [0.717, 1.165) is 77.0 Å². The van der Waals surface area contributed by atoms with Crippen LogP contribution >= 0.6 is 11.6 Å². The van der Waals surface area contributed by atoms with Crippen LogP contribution in [0, 0.1) is 0 Å². The maximum atomic E-state index is 14.0. The van der Waals surface area contributed by atoms with Gasteiger partial charge in [-0.1, -0.05) is 86.6 Å². The molecule has 2 N–H and O–H groups in total. The number of piperidine rings is 1. The van der Waals surface area contributed by atoms with E-state index in [2.05, 4.69) is 107 Å². The Hall–Kier alpha value is -4.55. The molecule has 316 valence electrons. The summed E-state index contributed by atoms with van der Waals surface area (Å²) < 4.78 is 17.7. The molecule has 11 nitrogen and oxygen atoms in total. The number of nitrogens with one attached hydrogen (secondary N) is 2. The highest BCUT2D eigenvalue weighted by Gasteiger charge is 2.47. The van der Waals surface area contributed by atoms with Gasteiger partial charge in [-0.05, 0) is 97.1 Å². The smallest absolute Gasteiger partial charge is 0.320 e. The fourth-order valence-electron chi connectivity index (χ4n) is 9.50. The second kappa shape index (κ2) is 17.2. The molecule has 0 spiro atoms. The van der Waals surface area contributed by atoms with Crippen molar-refractivity contribution in [1.82, 2.24) is 29.7 Å². The van der Waals surface area contributed by atoms with E-state index < -0.39 is 8.32 Å². The third-order valence-electron chi connectivity index (χ3n) is 12.6. The van der Waals surface area contributed by atoms with Gasteiger partial charge in [0, 0.05) is 29.6 Å². The molecule has 2 aliphatic rings. The average Bonchev–Trinajstić information content (AvgIpc) is 3.82. The number of rotatable bonds is 12. The van der Waals surface area contributed by atoms with Crippen LogP contribution in [0.2, 0.25) is 16.6 Å². The van der Waals surface area contributed by atoms with Gasteiger partial charge < -0.3 is 19.4 Å². The van der Waals surface area contributed by atoms with Crippen LogP contribution in [0.5, 0.6) is 11.5 Å². The molecule has 2 amide bonds. The summed E-state index contributed by atoms with van der Waals surface area (Å²) in [7, 11) is -2.22. The molecule has 0 saturated carbocycles. The van der Waals surface area contributed by atoms with E-state index in [9.17, 15) is 4.79 Å². The summed E-state index contributed by atoms with van der Waals surface area (Å²) in [4.78, 5) is 16.3. The molecule has 0 radical (unpaired) electrons. The van der Waals surface area contributed by atoms with Crippen LogP contribution in [-0.2, 0) is 11.3 Å². The van der Waals surface area contributed by atoms with Crippen LogP contribution in [0.15, 0.2) is 66.9 Å². The minimum Gasteiger partial charge on any atom is -0.542 e. The van der Waals surface area contributed by atoms with Gasteiger partial charge in [0.2, 0.25) is 5.95 Å². The second-order valence-electron chi connectivity index (χ2n) is 18.5. The zero-order valence-electron chi connectivity index (χ0n) is 36.6. The van der Waals surface area contributed by atoms with E-state index in [1.54, 1.807) is 4.68 Å². The molecule has 13 heteroatoms. The van der Waals surface area contributed by atoms with E-state index >= 15 is 0 Å². The second-order valence-corrected chi connectivity index (χ2v) is 24.2. The van der Waals surface area contributed by atoms with Gasteiger partial charge in [0.1, 0.15) is 23.4 Å². The minimum absolute atomic E-state index is 0.174. The van der Waals surface area contributed by atoms with E-state index in [1.807, 2.05) is 59.1 Å². The highest BCUT2D eigenvalue weighted by molar-refractivity contribution is 6.78. The number of pyridine rings is 1. The van der Waals surface area contributed by atoms with E-state index in [4.69, 9.17) is 25.9 Å². The van der Waals surface area contributed by atoms with Crippen LogP contribution in [0.4, 0.5) is 16.6 Å². The summed E-state index contributed by atoms with van der Waals surface area (Å²) in [5, 5.41) is 20.5. The SMILES string of the molecule is CC1CCCCN1c1nnc2ccc(O[C@@H]3CC[C@H](NC(=O)Nc4cc(C(C)(C)C)nn4-c4ccc(O[Si](C(C)C)(C(C)C)C(C)C)c(CCl)c4)c4ccccc43)cn12. The average molecular weight is 840 g/mol. The molecule has 3 atom stereocenters. The normalized spacial score (nSPS) is 18.7.